The van der Waals surface area contributed by atoms with Crippen LogP contribution in [0.1, 0.15) is 39.6 Å². The molecule has 0 fully saturated rings. The first-order valence-electron chi connectivity index (χ1n) is 14.2. The number of carbonyl (C=O) groups is 4. The Morgan fingerprint density at radius 2 is 1.54 bits per heavy atom. The molecular formula is C35H33N3O7S. The van der Waals surface area contributed by atoms with Gasteiger partial charge in [-0.3, -0.25) is 14.4 Å². The van der Waals surface area contributed by atoms with Crippen LogP contribution in [0.15, 0.2) is 108 Å². The fraction of sp³-hybridized carbons (Fsp3) is 0.143. The summed E-state index contributed by atoms with van der Waals surface area (Å²) >= 11 is 1.32. The van der Waals surface area contributed by atoms with Crippen LogP contribution in [0.5, 0.6) is 11.5 Å². The maximum Gasteiger partial charge on any atom is 0.335 e. The van der Waals surface area contributed by atoms with Gasteiger partial charge in [-0.25, -0.2) is 4.79 Å². The highest BCUT2D eigenvalue weighted by atomic mass is 32.2. The first-order valence-corrected chi connectivity index (χ1v) is 15.1. The Morgan fingerprint density at radius 1 is 0.804 bits per heavy atom. The Kier molecular flexibility index (Phi) is 11.6. The van der Waals surface area contributed by atoms with Gasteiger partial charge in [-0.1, -0.05) is 31.2 Å². The van der Waals surface area contributed by atoms with Gasteiger partial charge in [0.2, 0.25) is 5.91 Å². The third-order valence-electron chi connectivity index (χ3n) is 6.70. The minimum absolute atomic E-state index is 0.0184. The standard InChI is InChI=1S/C35H33N3O7S/c1-4-31(34(41)36-25-16-13-23(14-17-25)35(42)43)46-28-12-8-11-26(20-28)37-33(40)29(38-32(39)22-9-6-5-7-10-22)19-24-15-18-27(44-2)21-30(24)45-3/h5-21,31H,4H2,1-3H3,(H,36,41)(H,37,40)(H,38,39)(H,42,43)/b29-19+. The van der Waals surface area contributed by atoms with Gasteiger partial charge >= 0.3 is 5.97 Å². The maximum absolute atomic E-state index is 13.6. The highest BCUT2D eigenvalue weighted by Gasteiger charge is 2.20. The SMILES string of the molecule is CCC(Sc1cccc(NC(=O)/C(=C\c2ccc(OC)cc2OC)NC(=O)c2ccccc2)c1)C(=O)Nc1ccc(C(=O)O)cc1. The number of benzene rings is 4. The lowest BCUT2D eigenvalue weighted by Gasteiger charge is -2.16. The van der Waals surface area contributed by atoms with Crippen LogP contribution in [0.4, 0.5) is 11.4 Å². The normalized spacial score (nSPS) is 11.6. The summed E-state index contributed by atoms with van der Waals surface area (Å²) in [7, 11) is 3.03. The average molecular weight is 640 g/mol. The number of methoxy groups -OCH3 is 2. The molecule has 46 heavy (non-hydrogen) atoms. The zero-order chi connectivity index (χ0) is 33.1. The molecule has 0 aliphatic heterocycles. The van der Waals surface area contributed by atoms with Crippen molar-refractivity contribution in [2.45, 2.75) is 23.5 Å². The zero-order valence-corrected chi connectivity index (χ0v) is 26.2. The van der Waals surface area contributed by atoms with E-state index in [1.165, 1.54) is 56.3 Å². The number of nitrogens with one attached hydrogen (secondary N) is 3. The van der Waals surface area contributed by atoms with Crippen LogP contribution in [0.3, 0.4) is 0 Å². The Morgan fingerprint density at radius 3 is 2.20 bits per heavy atom. The summed E-state index contributed by atoms with van der Waals surface area (Å²) in [6.07, 6.45) is 2.04. The summed E-state index contributed by atoms with van der Waals surface area (Å²) in [4.78, 5) is 51.5. The minimum atomic E-state index is -1.05. The van der Waals surface area contributed by atoms with Crippen molar-refractivity contribution in [1.82, 2.24) is 5.32 Å². The van der Waals surface area contributed by atoms with Gasteiger partial charge < -0.3 is 30.5 Å². The van der Waals surface area contributed by atoms with Crippen molar-refractivity contribution < 1.29 is 33.8 Å². The second-order valence-electron chi connectivity index (χ2n) is 9.85. The van der Waals surface area contributed by atoms with Crippen molar-refractivity contribution in [3.63, 3.8) is 0 Å². The molecule has 0 aliphatic rings. The number of hydrogen-bond donors (Lipinski definition) is 4. The van der Waals surface area contributed by atoms with E-state index in [-0.39, 0.29) is 17.2 Å². The fourth-order valence-electron chi connectivity index (χ4n) is 4.29. The molecule has 4 aromatic rings. The molecule has 1 unspecified atom stereocenters. The molecule has 0 aromatic heterocycles. The van der Waals surface area contributed by atoms with Gasteiger partial charge in [0.05, 0.1) is 25.0 Å². The summed E-state index contributed by atoms with van der Waals surface area (Å²) in [5.74, 6) is -1.32. The lowest BCUT2D eigenvalue weighted by Crippen LogP contribution is -2.30. The third-order valence-corrected chi connectivity index (χ3v) is 8.06. The van der Waals surface area contributed by atoms with Crippen molar-refractivity contribution in [3.05, 3.63) is 119 Å². The number of ether oxygens (including phenoxy) is 2. The van der Waals surface area contributed by atoms with Crippen LogP contribution >= 0.6 is 11.8 Å². The van der Waals surface area contributed by atoms with Crippen LogP contribution in [0.25, 0.3) is 6.08 Å². The second-order valence-corrected chi connectivity index (χ2v) is 11.1. The molecule has 0 saturated heterocycles. The highest BCUT2D eigenvalue weighted by molar-refractivity contribution is 8.00. The molecule has 4 aromatic carbocycles. The molecule has 0 bridgehead atoms. The number of hydrogen-bond acceptors (Lipinski definition) is 7. The van der Waals surface area contributed by atoms with Gasteiger partial charge in [0.1, 0.15) is 17.2 Å². The Labute approximate surface area is 270 Å². The fourth-order valence-corrected chi connectivity index (χ4v) is 5.30. The first-order chi connectivity index (χ1) is 22.2. The summed E-state index contributed by atoms with van der Waals surface area (Å²) in [6, 6.07) is 26.6. The number of anilines is 2. The number of aromatic carboxylic acids is 1. The molecule has 3 amide bonds. The van der Waals surface area contributed by atoms with E-state index in [1.54, 1.807) is 66.7 Å². The van der Waals surface area contributed by atoms with Crippen LogP contribution in [0, 0.1) is 0 Å². The van der Waals surface area contributed by atoms with Crippen molar-refractivity contribution in [2.75, 3.05) is 24.9 Å². The monoisotopic (exact) mass is 639 g/mol. The van der Waals surface area contributed by atoms with Crippen LogP contribution < -0.4 is 25.4 Å². The van der Waals surface area contributed by atoms with Gasteiger partial charge in [0, 0.05) is 33.5 Å². The molecule has 4 N–H and O–H groups in total. The molecule has 0 saturated carbocycles. The third kappa shape index (κ3) is 8.99. The van der Waals surface area contributed by atoms with E-state index < -0.39 is 23.0 Å². The predicted octanol–water partition coefficient (Wildman–Crippen LogP) is 6.32. The lowest BCUT2D eigenvalue weighted by molar-refractivity contribution is -0.116. The number of carbonyl (C=O) groups excluding carboxylic acids is 3. The Hall–Kier alpha value is -5.55. The highest BCUT2D eigenvalue weighted by Crippen LogP contribution is 2.30. The van der Waals surface area contributed by atoms with E-state index in [0.29, 0.717) is 40.4 Å². The van der Waals surface area contributed by atoms with E-state index in [0.717, 1.165) is 4.90 Å². The number of carboxylic acids is 1. The molecule has 236 valence electrons. The summed E-state index contributed by atoms with van der Waals surface area (Å²) in [6.45, 7) is 1.89. The van der Waals surface area contributed by atoms with Gasteiger partial charge in [-0.05, 0) is 79.2 Å². The second kappa shape index (κ2) is 16.0. The van der Waals surface area contributed by atoms with E-state index in [2.05, 4.69) is 16.0 Å². The quantitative estimate of drug-likeness (QED) is 0.0983. The molecule has 0 aliphatic carbocycles. The molecular weight excluding hydrogens is 606 g/mol. The first kappa shape index (κ1) is 33.3. The molecule has 0 spiro atoms. The maximum atomic E-state index is 13.6. The van der Waals surface area contributed by atoms with Crippen molar-refractivity contribution in [2.24, 2.45) is 0 Å². The molecule has 11 heteroatoms. The van der Waals surface area contributed by atoms with Crippen molar-refractivity contribution in [3.8, 4) is 11.5 Å². The molecule has 0 radical (unpaired) electrons. The van der Waals surface area contributed by atoms with E-state index in [4.69, 9.17) is 14.6 Å². The zero-order valence-electron chi connectivity index (χ0n) is 25.4. The number of thioether (sulfide) groups is 1. The smallest absolute Gasteiger partial charge is 0.335 e. The topological polar surface area (TPSA) is 143 Å². The van der Waals surface area contributed by atoms with Gasteiger partial charge in [-0.2, -0.15) is 0 Å². The Balaban J connectivity index is 1.53. The minimum Gasteiger partial charge on any atom is -0.497 e. The van der Waals surface area contributed by atoms with Gasteiger partial charge in [-0.15, -0.1) is 11.8 Å². The summed E-state index contributed by atoms with van der Waals surface area (Å²) in [5.41, 5.74) is 1.97. The van der Waals surface area contributed by atoms with E-state index >= 15 is 0 Å². The predicted molar refractivity (Wildman–Crippen MR) is 178 cm³/mol. The number of amides is 3. The Bertz CT molecular complexity index is 1740. The average Bonchev–Trinajstić information content (AvgIpc) is 3.07. The van der Waals surface area contributed by atoms with Crippen LogP contribution in [0.2, 0.25) is 0 Å². The van der Waals surface area contributed by atoms with Gasteiger partial charge in [0.15, 0.2) is 0 Å². The molecule has 10 nitrogen and oxygen atoms in total. The number of carboxylic acid groups (broad SMARTS) is 1. The van der Waals surface area contributed by atoms with E-state index in [1.807, 2.05) is 13.0 Å². The van der Waals surface area contributed by atoms with Gasteiger partial charge in [0.25, 0.3) is 11.8 Å². The van der Waals surface area contributed by atoms with Crippen molar-refractivity contribution >= 4 is 52.9 Å². The molecule has 0 heterocycles. The number of rotatable bonds is 13. The lowest BCUT2D eigenvalue weighted by atomic mass is 10.1. The molecule has 4 rings (SSSR count). The largest absolute Gasteiger partial charge is 0.497 e. The molecule has 1 atom stereocenters. The van der Waals surface area contributed by atoms with Crippen LogP contribution in [-0.4, -0.2) is 48.3 Å². The van der Waals surface area contributed by atoms with E-state index in [9.17, 15) is 19.2 Å². The van der Waals surface area contributed by atoms with Crippen LogP contribution in [-0.2, 0) is 9.59 Å². The summed E-state index contributed by atoms with van der Waals surface area (Å²) < 4.78 is 10.8. The summed E-state index contributed by atoms with van der Waals surface area (Å²) in [5, 5.41) is 17.0. The van der Waals surface area contributed by atoms with Crippen molar-refractivity contribution in [1.29, 1.82) is 0 Å².